The van der Waals surface area contributed by atoms with E-state index in [-0.39, 0.29) is 5.69 Å². The number of benzene rings is 2. The Morgan fingerprint density at radius 3 is 2.52 bits per heavy atom. The van der Waals surface area contributed by atoms with Crippen LogP contribution in [0.1, 0.15) is 0 Å². The Bertz CT molecular complexity index is 632. The first-order valence-electron chi connectivity index (χ1n) is 6.24. The van der Waals surface area contributed by atoms with Crippen molar-refractivity contribution in [3.05, 3.63) is 56.1 Å². The number of nitrogens with two attached hydrogens (primary N) is 1. The molecule has 0 spiro atoms. The molecule has 0 saturated heterocycles. The van der Waals surface area contributed by atoms with E-state index in [2.05, 4.69) is 27.9 Å². The van der Waals surface area contributed by atoms with Crippen LogP contribution in [0, 0.1) is 13.7 Å². The first-order valence-corrected chi connectivity index (χ1v) is 7.32. The van der Waals surface area contributed by atoms with Gasteiger partial charge in [-0.1, -0.05) is 0 Å². The summed E-state index contributed by atoms with van der Waals surface area (Å²) < 4.78 is 6.18. The zero-order chi connectivity index (χ0) is 15.2. The third kappa shape index (κ3) is 4.30. The maximum atomic E-state index is 10.7. The lowest BCUT2D eigenvalue weighted by Gasteiger charge is -2.10. The largest absolute Gasteiger partial charge is 0.492 e. The number of anilines is 2. The standard InChI is InChI=1S/C14H14IN3O3/c15-13-9-11(18(19)20)3-6-14(13)17-10-1-4-12(5-2-10)21-8-7-16/h1-6,9,17H,7-8,16H2. The van der Waals surface area contributed by atoms with Crippen LogP contribution >= 0.6 is 22.6 Å². The number of nitrogens with zero attached hydrogens (tertiary/aromatic N) is 1. The van der Waals surface area contributed by atoms with Gasteiger partial charge >= 0.3 is 0 Å². The molecule has 0 aromatic heterocycles. The Balaban J connectivity index is 2.09. The number of hydrogen-bond acceptors (Lipinski definition) is 5. The van der Waals surface area contributed by atoms with Crippen molar-refractivity contribution in [1.82, 2.24) is 0 Å². The van der Waals surface area contributed by atoms with Gasteiger partial charge in [-0.05, 0) is 52.9 Å². The van der Waals surface area contributed by atoms with E-state index in [1.807, 2.05) is 24.3 Å². The SMILES string of the molecule is NCCOc1ccc(Nc2ccc([N+](=O)[O-])cc2I)cc1. The Kier molecular flexibility index (Phi) is 5.34. The third-order valence-electron chi connectivity index (χ3n) is 2.68. The van der Waals surface area contributed by atoms with Crippen LogP contribution < -0.4 is 15.8 Å². The number of ether oxygens (including phenoxy) is 1. The number of rotatable bonds is 6. The van der Waals surface area contributed by atoms with Crippen molar-refractivity contribution in [2.24, 2.45) is 5.73 Å². The molecule has 0 bridgehead atoms. The summed E-state index contributed by atoms with van der Waals surface area (Å²) >= 11 is 2.07. The fourth-order valence-corrected chi connectivity index (χ4v) is 2.32. The van der Waals surface area contributed by atoms with Gasteiger partial charge in [0, 0.05) is 27.9 Å². The molecule has 0 unspecified atom stereocenters. The second-order valence-electron chi connectivity index (χ2n) is 4.21. The molecule has 0 fully saturated rings. The highest BCUT2D eigenvalue weighted by Gasteiger charge is 2.09. The fraction of sp³-hybridized carbons (Fsp3) is 0.143. The lowest BCUT2D eigenvalue weighted by molar-refractivity contribution is -0.384. The fourth-order valence-electron chi connectivity index (χ4n) is 1.69. The zero-order valence-electron chi connectivity index (χ0n) is 11.1. The predicted octanol–water partition coefficient (Wildman–Crippen LogP) is 3.28. The minimum absolute atomic E-state index is 0.0792. The van der Waals surface area contributed by atoms with Crippen LogP contribution in [0.15, 0.2) is 42.5 Å². The Hall–Kier alpha value is -1.87. The van der Waals surface area contributed by atoms with Crippen LogP contribution in [0.5, 0.6) is 5.75 Å². The Labute approximate surface area is 135 Å². The average Bonchev–Trinajstić information content (AvgIpc) is 2.48. The van der Waals surface area contributed by atoms with Crippen molar-refractivity contribution in [1.29, 1.82) is 0 Å². The van der Waals surface area contributed by atoms with Gasteiger partial charge in [0.2, 0.25) is 0 Å². The second kappa shape index (κ2) is 7.23. The second-order valence-corrected chi connectivity index (χ2v) is 5.37. The summed E-state index contributed by atoms with van der Waals surface area (Å²) in [6, 6.07) is 12.1. The van der Waals surface area contributed by atoms with E-state index in [1.54, 1.807) is 6.07 Å². The minimum atomic E-state index is -0.407. The molecule has 0 aliphatic carbocycles. The van der Waals surface area contributed by atoms with E-state index in [9.17, 15) is 10.1 Å². The molecule has 2 aromatic rings. The predicted molar refractivity (Wildman–Crippen MR) is 90.1 cm³/mol. The number of hydrogen-bond donors (Lipinski definition) is 2. The van der Waals surface area contributed by atoms with Crippen LogP contribution in [0.4, 0.5) is 17.1 Å². The lowest BCUT2D eigenvalue weighted by atomic mass is 10.2. The maximum absolute atomic E-state index is 10.7. The highest BCUT2D eigenvalue weighted by Crippen LogP contribution is 2.27. The molecule has 2 aromatic carbocycles. The molecule has 0 amide bonds. The number of halogens is 1. The molecule has 0 saturated carbocycles. The number of nitrogens with one attached hydrogen (secondary N) is 1. The van der Waals surface area contributed by atoms with Crippen molar-refractivity contribution >= 4 is 39.7 Å². The molecule has 0 atom stereocenters. The topological polar surface area (TPSA) is 90.4 Å². The summed E-state index contributed by atoms with van der Waals surface area (Å²) in [6.45, 7) is 0.952. The van der Waals surface area contributed by atoms with Crippen molar-refractivity contribution in [2.45, 2.75) is 0 Å². The Morgan fingerprint density at radius 2 is 1.95 bits per heavy atom. The molecule has 6 nitrogen and oxygen atoms in total. The quantitative estimate of drug-likeness (QED) is 0.442. The van der Waals surface area contributed by atoms with Gasteiger partial charge in [-0.25, -0.2) is 0 Å². The average molecular weight is 399 g/mol. The first kappa shape index (κ1) is 15.5. The van der Waals surface area contributed by atoms with Crippen molar-refractivity contribution in [3.63, 3.8) is 0 Å². The van der Waals surface area contributed by atoms with Crippen LogP contribution in [0.2, 0.25) is 0 Å². The van der Waals surface area contributed by atoms with Crippen LogP contribution in [0.25, 0.3) is 0 Å². The first-order chi connectivity index (χ1) is 10.1. The van der Waals surface area contributed by atoms with Gasteiger partial charge in [-0.3, -0.25) is 10.1 Å². The van der Waals surface area contributed by atoms with E-state index in [0.717, 1.165) is 20.7 Å². The van der Waals surface area contributed by atoms with E-state index >= 15 is 0 Å². The normalized spacial score (nSPS) is 10.2. The number of non-ortho nitro benzene ring substituents is 1. The van der Waals surface area contributed by atoms with E-state index in [0.29, 0.717) is 13.2 Å². The molecule has 21 heavy (non-hydrogen) atoms. The summed E-state index contributed by atoms with van der Waals surface area (Å²) in [7, 11) is 0. The van der Waals surface area contributed by atoms with E-state index in [1.165, 1.54) is 12.1 Å². The molecular formula is C14H14IN3O3. The molecule has 0 aliphatic heterocycles. The van der Waals surface area contributed by atoms with Gasteiger partial charge in [0.15, 0.2) is 0 Å². The van der Waals surface area contributed by atoms with Crippen molar-refractivity contribution in [2.75, 3.05) is 18.5 Å². The van der Waals surface area contributed by atoms with Crippen molar-refractivity contribution < 1.29 is 9.66 Å². The number of nitro benzene ring substituents is 1. The van der Waals surface area contributed by atoms with Crippen LogP contribution in [-0.2, 0) is 0 Å². The lowest BCUT2D eigenvalue weighted by Crippen LogP contribution is -2.10. The van der Waals surface area contributed by atoms with Gasteiger partial charge in [0.25, 0.3) is 5.69 Å². The molecule has 0 radical (unpaired) electrons. The van der Waals surface area contributed by atoms with E-state index < -0.39 is 4.92 Å². The summed E-state index contributed by atoms with van der Waals surface area (Å²) in [5, 5.41) is 13.9. The summed E-state index contributed by atoms with van der Waals surface area (Å²) in [5.74, 6) is 0.754. The van der Waals surface area contributed by atoms with Gasteiger partial charge in [-0.15, -0.1) is 0 Å². The van der Waals surface area contributed by atoms with Crippen LogP contribution in [0.3, 0.4) is 0 Å². The highest BCUT2D eigenvalue weighted by molar-refractivity contribution is 14.1. The molecule has 0 aliphatic rings. The Morgan fingerprint density at radius 1 is 1.24 bits per heavy atom. The molecule has 110 valence electrons. The summed E-state index contributed by atoms with van der Waals surface area (Å²) in [4.78, 5) is 10.3. The van der Waals surface area contributed by atoms with Gasteiger partial charge in [-0.2, -0.15) is 0 Å². The van der Waals surface area contributed by atoms with Gasteiger partial charge in [0.05, 0.1) is 10.6 Å². The summed E-state index contributed by atoms with van der Waals surface area (Å²) in [6.07, 6.45) is 0. The van der Waals surface area contributed by atoms with E-state index in [4.69, 9.17) is 10.5 Å². The van der Waals surface area contributed by atoms with Gasteiger partial charge < -0.3 is 15.8 Å². The summed E-state index contributed by atoms with van der Waals surface area (Å²) in [5.41, 5.74) is 7.14. The van der Waals surface area contributed by atoms with Crippen molar-refractivity contribution in [3.8, 4) is 5.75 Å². The molecule has 2 rings (SSSR count). The molecular weight excluding hydrogens is 385 g/mol. The third-order valence-corrected chi connectivity index (χ3v) is 3.58. The molecule has 0 heterocycles. The number of nitro groups is 1. The monoisotopic (exact) mass is 399 g/mol. The zero-order valence-corrected chi connectivity index (χ0v) is 13.2. The highest BCUT2D eigenvalue weighted by atomic mass is 127. The maximum Gasteiger partial charge on any atom is 0.270 e. The smallest absolute Gasteiger partial charge is 0.270 e. The molecule has 7 heteroatoms. The molecule has 3 N–H and O–H groups in total. The van der Waals surface area contributed by atoms with Gasteiger partial charge in [0.1, 0.15) is 12.4 Å². The van der Waals surface area contributed by atoms with Crippen LogP contribution in [-0.4, -0.2) is 18.1 Å². The minimum Gasteiger partial charge on any atom is -0.492 e.